The normalized spacial score (nSPS) is 12.7. The van der Waals surface area contributed by atoms with Crippen LogP contribution >= 0.6 is 11.3 Å². The fraction of sp³-hybridized carbons (Fsp3) is 0.167. The van der Waals surface area contributed by atoms with Crippen LogP contribution in [0.4, 0.5) is 8.78 Å². The lowest BCUT2D eigenvalue weighted by Crippen LogP contribution is -2.41. The zero-order valence-electron chi connectivity index (χ0n) is 14.0. The number of aromatic nitrogens is 2. The van der Waals surface area contributed by atoms with E-state index in [-0.39, 0.29) is 5.69 Å². The zero-order valence-corrected chi connectivity index (χ0v) is 14.8. The summed E-state index contributed by atoms with van der Waals surface area (Å²) in [5.74, 6) is -2.91. The van der Waals surface area contributed by atoms with Gasteiger partial charge in [0.15, 0.2) is 17.3 Å². The first-order chi connectivity index (χ1) is 13.0. The van der Waals surface area contributed by atoms with Gasteiger partial charge in [-0.3, -0.25) is 20.4 Å². The second-order valence-corrected chi connectivity index (χ2v) is 6.97. The summed E-state index contributed by atoms with van der Waals surface area (Å²) in [6.45, 7) is 0. The number of hydrogen-bond acceptors (Lipinski definition) is 4. The van der Waals surface area contributed by atoms with Gasteiger partial charge in [0.25, 0.3) is 11.8 Å². The molecule has 0 atom stereocenters. The molecule has 0 saturated heterocycles. The van der Waals surface area contributed by atoms with Crippen LogP contribution in [-0.2, 0) is 12.8 Å². The van der Waals surface area contributed by atoms with Crippen LogP contribution in [0.2, 0.25) is 0 Å². The first-order valence-corrected chi connectivity index (χ1v) is 9.13. The van der Waals surface area contributed by atoms with Crippen LogP contribution in [-0.4, -0.2) is 21.6 Å². The monoisotopic (exact) mass is 388 g/mol. The number of amides is 2. The molecule has 0 unspecified atom stereocenters. The van der Waals surface area contributed by atoms with Crippen LogP contribution < -0.4 is 10.9 Å². The second-order valence-electron chi connectivity index (χ2n) is 6.02. The van der Waals surface area contributed by atoms with Gasteiger partial charge in [0.1, 0.15) is 0 Å². The molecule has 2 N–H and O–H groups in total. The van der Waals surface area contributed by atoms with Crippen molar-refractivity contribution in [1.29, 1.82) is 0 Å². The molecular weight excluding hydrogens is 374 g/mol. The third-order valence-corrected chi connectivity index (χ3v) is 5.20. The van der Waals surface area contributed by atoms with E-state index < -0.39 is 23.4 Å². The number of carbonyl (C=O) groups is 2. The van der Waals surface area contributed by atoms with Crippen LogP contribution in [0, 0.1) is 11.6 Å². The summed E-state index contributed by atoms with van der Waals surface area (Å²) < 4.78 is 28.2. The Morgan fingerprint density at radius 2 is 1.89 bits per heavy atom. The lowest BCUT2D eigenvalue weighted by Gasteiger charge is -2.06. The lowest BCUT2D eigenvalue weighted by molar-refractivity contribution is 0.0845. The molecular formula is C18H14F2N4O2S. The van der Waals surface area contributed by atoms with Gasteiger partial charge < -0.3 is 0 Å². The fourth-order valence-electron chi connectivity index (χ4n) is 3.09. The van der Waals surface area contributed by atoms with E-state index in [0.717, 1.165) is 29.8 Å². The Morgan fingerprint density at radius 3 is 2.63 bits per heavy atom. The van der Waals surface area contributed by atoms with Crippen LogP contribution in [0.25, 0.3) is 5.69 Å². The average molecular weight is 388 g/mol. The van der Waals surface area contributed by atoms with Crippen LogP contribution in [0.1, 0.15) is 37.8 Å². The van der Waals surface area contributed by atoms with Crippen molar-refractivity contribution < 1.29 is 18.4 Å². The molecule has 2 aromatic heterocycles. The highest BCUT2D eigenvalue weighted by Gasteiger charge is 2.27. The van der Waals surface area contributed by atoms with Crippen molar-refractivity contribution in [1.82, 2.24) is 20.6 Å². The molecule has 1 aliphatic carbocycles. The Bertz CT molecular complexity index is 1030. The minimum atomic E-state index is -0.982. The molecule has 2 amide bonds. The smallest absolute Gasteiger partial charge is 0.266 e. The van der Waals surface area contributed by atoms with Crippen molar-refractivity contribution >= 4 is 23.2 Å². The van der Waals surface area contributed by atoms with Crippen LogP contribution in [0.5, 0.6) is 0 Å². The molecule has 0 bridgehead atoms. The molecule has 0 spiro atoms. The summed E-state index contributed by atoms with van der Waals surface area (Å²) in [5.41, 5.74) is 6.76. The van der Waals surface area contributed by atoms with Crippen molar-refractivity contribution in [3.63, 3.8) is 0 Å². The third kappa shape index (κ3) is 3.21. The molecule has 9 heteroatoms. The topological polar surface area (TPSA) is 76.0 Å². The van der Waals surface area contributed by atoms with E-state index in [1.165, 1.54) is 22.1 Å². The van der Waals surface area contributed by atoms with Gasteiger partial charge in [-0.15, -0.1) is 11.3 Å². The predicted octanol–water partition coefficient (Wildman–Crippen LogP) is 2.78. The van der Waals surface area contributed by atoms with Crippen LogP contribution in [0.3, 0.4) is 0 Å². The molecule has 1 aliphatic rings. The summed E-state index contributed by atoms with van der Waals surface area (Å²) >= 11 is 1.25. The fourth-order valence-corrected chi connectivity index (χ4v) is 3.71. The van der Waals surface area contributed by atoms with Gasteiger partial charge in [-0.2, -0.15) is 5.10 Å². The standard InChI is InChI=1S/C18H14F2N4O2S/c19-12-7-6-10(9-13(12)20)24-14-4-1-3-11(14)16(23-24)18(26)22-21-17(25)15-5-2-8-27-15/h2,5-9H,1,3-4H2,(H,21,25)(H,22,26). The number of benzene rings is 1. The highest BCUT2D eigenvalue weighted by Crippen LogP contribution is 2.28. The van der Waals surface area contributed by atoms with E-state index in [1.54, 1.807) is 17.5 Å². The maximum atomic E-state index is 13.6. The Kier molecular flexibility index (Phi) is 4.44. The van der Waals surface area contributed by atoms with Crippen LogP contribution in [0.15, 0.2) is 35.7 Å². The number of halogens is 2. The van der Waals surface area contributed by atoms with Crippen molar-refractivity contribution in [2.75, 3.05) is 0 Å². The number of nitrogens with one attached hydrogen (secondary N) is 2. The highest BCUT2D eigenvalue weighted by molar-refractivity contribution is 7.12. The van der Waals surface area contributed by atoms with E-state index >= 15 is 0 Å². The molecule has 138 valence electrons. The van der Waals surface area contributed by atoms with E-state index in [0.29, 0.717) is 23.4 Å². The summed E-state index contributed by atoms with van der Waals surface area (Å²) in [6, 6.07) is 6.85. The summed E-state index contributed by atoms with van der Waals surface area (Å²) in [5, 5.41) is 6.04. The maximum absolute atomic E-state index is 13.6. The largest absolute Gasteiger partial charge is 0.290 e. The predicted molar refractivity (Wildman–Crippen MR) is 94.8 cm³/mol. The first-order valence-electron chi connectivity index (χ1n) is 8.25. The lowest BCUT2D eigenvalue weighted by atomic mass is 10.2. The summed E-state index contributed by atoms with van der Waals surface area (Å²) in [6.07, 6.45) is 2.16. The Balaban J connectivity index is 1.59. The molecule has 0 saturated carbocycles. The Hall–Kier alpha value is -3.07. The van der Waals surface area contributed by atoms with Gasteiger partial charge in [-0.25, -0.2) is 13.5 Å². The average Bonchev–Trinajstić information content (AvgIpc) is 3.39. The number of rotatable bonds is 3. The first kappa shape index (κ1) is 17.3. The minimum Gasteiger partial charge on any atom is -0.266 e. The molecule has 0 fully saturated rings. The van der Waals surface area contributed by atoms with E-state index in [1.807, 2.05) is 0 Å². The number of hydrogen-bond donors (Lipinski definition) is 2. The van der Waals surface area contributed by atoms with Gasteiger partial charge in [0.2, 0.25) is 0 Å². The molecule has 27 heavy (non-hydrogen) atoms. The number of carbonyl (C=O) groups excluding carboxylic acids is 2. The van der Waals surface area contributed by atoms with E-state index in [4.69, 9.17) is 0 Å². The van der Waals surface area contributed by atoms with Gasteiger partial charge in [0, 0.05) is 17.3 Å². The maximum Gasteiger partial charge on any atom is 0.290 e. The summed E-state index contributed by atoms with van der Waals surface area (Å²) in [7, 11) is 0. The zero-order chi connectivity index (χ0) is 19.0. The molecule has 4 rings (SSSR count). The Labute approximate surface area is 156 Å². The van der Waals surface area contributed by atoms with Crippen molar-refractivity contribution in [3.8, 4) is 5.69 Å². The van der Waals surface area contributed by atoms with Gasteiger partial charge in [-0.1, -0.05) is 6.07 Å². The van der Waals surface area contributed by atoms with Gasteiger partial charge in [0.05, 0.1) is 10.6 Å². The third-order valence-electron chi connectivity index (χ3n) is 4.33. The van der Waals surface area contributed by atoms with Crippen molar-refractivity contribution in [3.05, 3.63) is 69.2 Å². The highest BCUT2D eigenvalue weighted by atomic mass is 32.1. The molecule has 2 heterocycles. The van der Waals surface area contributed by atoms with Crippen molar-refractivity contribution in [2.24, 2.45) is 0 Å². The molecule has 0 aliphatic heterocycles. The quantitative estimate of drug-likeness (QED) is 0.678. The molecule has 3 aromatic rings. The number of fused-ring (bicyclic) bond motifs is 1. The number of thiophene rings is 1. The summed E-state index contributed by atoms with van der Waals surface area (Å²) in [4.78, 5) is 24.9. The van der Waals surface area contributed by atoms with Crippen molar-refractivity contribution in [2.45, 2.75) is 19.3 Å². The number of hydrazine groups is 1. The van der Waals surface area contributed by atoms with Gasteiger partial charge >= 0.3 is 0 Å². The second kappa shape index (κ2) is 6.92. The molecule has 0 radical (unpaired) electrons. The minimum absolute atomic E-state index is 0.165. The SMILES string of the molecule is O=C(NNC(=O)c1nn(-c2ccc(F)c(F)c2)c2c1CCC2)c1cccs1. The van der Waals surface area contributed by atoms with Gasteiger partial charge in [-0.05, 0) is 42.8 Å². The van der Waals surface area contributed by atoms with E-state index in [9.17, 15) is 18.4 Å². The Morgan fingerprint density at radius 1 is 1.07 bits per heavy atom. The van der Waals surface area contributed by atoms with E-state index in [2.05, 4.69) is 16.0 Å². The number of nitrogens with zero attached hydrogens (tertiary/aromatic N) is 2. The molecule has 6 nitrogen and oxygen atoms in total. The molecule has 1 aromatic carbocycles.